The Labute approximate surface area is 265 Å². The van der Waals surface area contributed by atoms with Crippen LogP contribution < -0.4 is 4.90 Å². The van der Waals surface area contributed by atoms with Crippen LogP contribution in [0.4, 0.5) is 17.1 Å². The van der Waals surface area contributed by atoms with Crippen molar-refractivity contribution in [2.45, 2.75) is 0 Å². The van der Waals surface area contributed by atoms with Crippen LogP contribution in [0.1, 0.15) is 0 Å². The summed E-state index contributed by atoms with van der Waals surface area (Å²) in [7, 11) is 0. The van der Waals surface area contributed by atoms with Crippen molar-refractivity contribution < 1.29 is 0 Å². The number of hydrogen-bond acceptors (Lipinski definition) is 2. The fraction of sp³-hybridized carbons (Fsp3) is 0. The Morgan fingerprint density at radius 1 is 0.349 bits per heavy atom. The monoisotopic (exact) mass is 633 g/mol. The third-order valence-corrected chi connectivity index (χ3v) is 9.37. The smallest absolute Gasteiger partial charge is 0.0462 e. The Hall–Kier alpha value is -4.70. The van der Waals surface area contributed by atoms with E-state index >= 15 is 0 Å². The van der Waals surface area contributed by atoms with Gasteiger partial charge in [0.1, 0.15) is 0 Å². The van der Waals surface area contributed by atoms with Gasteiger partial charge in [-0.25, -0.2) is 0 Å². The molecule has 7 rings (SSSR count). The quantitative estimate of drug-likeness (QED) is 0.169. The average Bonchev–Trinajstić information content (AvgIpc) is 3.48. The Kier molecular flexibility index (Phi) is 7.75. The largest absolute Gasteiger partial charge is 0.311 e. The van der Waals surface area contributed by atoms with Crippen molar-refractivity contribution >= 4 is 44.3 Å². The first-order valence-electron chi connectivity index (χ1n) is 14.3. The number of hydrogen-bond donors (Lipinski definition) is 0. The molecule has 0 unspecified atom stereocenters. The molecule has 7 aromatic rings. The highest BCUT2D eigenvalue weighted by Crippen LogP contribution is 2.52. The summed E-state index contributed by atoms with van der Waals surface area (Å²) in [6.07, 6.45) is 0. The van der Waals surface area contributed by atoms with E-state index in [2.05, 4.69) is 191 Å². The summed E-state index contributed by atoms with van der Waals surface area (Å²) < 4.78 is 1.08. The molecule has 1 heterocycles. The second-order valence-corrected chi connectivity index (χ2v) is 12.2. The molecule has 43 heavy (non-hydrogen) atoms. The van der Waals surface area contributed by atoms with E-state index in [9.17, 15) is 0 Å². The molecule has 0 radical (unpaired) electrons. The summed E-state index contributed by atoms with van der Waals surface area (Å²) in [4.78, 5) is 4.84. The van der Waals surface area contributed by atoms with Crippen LogP contribution in [0.2, 0.25) is 0 Å². The molecule has 0 aliphatic heterocycles. The lowest BCUT2D eigenvalue weighted by Crippen LogP contribution is -2.09. The van der Waals surface area contributed by atoms with E-state index in [-0.39, 0.29) is 0 Å². The molecular formula is C40H28BrNS. The summed E-state index contributed by atoms with van der Waals surface area (Å²) in [5.74, 6) is 0. The summed E-state index contributed by atoms with van der Waals surface area (Å²) in [5, 5.41) is 0. The maximum Gasteiger partial charge on any atom is 0.0462 e. The van der Waals surface area contributed by atoms with Crippen LogP contribution in [-0.4, -0.2) is 0 Å². The van der Waals surface area contributed by atoms with Crippen LogP contribution in [0.25, 0.3) is 43.1 Å². The highest BCUT2D eigenvalue weighted by atomic mass is 79.9. The van der Waals surface area contributed by atoms with E-state index in [4.69, 9.17) is 0 Å². The van der Waals surface area contributed by atoms with Crippen LogP contribution in [0.5, 0.6) is 0 Å². The van der Waals surface area contributed by atoms with Gasteiger partial charge in [0, 0.05) is 42.4 Å². The van der Waals surface area contributed by atoms with E-state index in [0.717, 1.165) is 21.5 Å². The predicted octanol–water partition coefficient (Wildman–Crippen LogP) is 12.6. The number of anilines is 3. The van der Waals surface area contributed by atoms with Crippen molar-refractivity contribution in [1.82, 2.24) is 0 Å². The fourth-order valence-electron chi connectivity index (χ4n) is 5.56. The van der Waals surface area contributed by atoms with Gasteiger partial charge in [-0.1, -0.05) is 137 Å². The van der Waals surface area contributed by atoms with Crippen molar-refractivity contribution in [3.8, 4) is 43.1 Å². The third-order valence-electron chi connectivity index (χ3n) is 7.56. The Morgan fingerprint density at radius 2 is 0.698 bits per heavy atom. The molecule has 206 valence electrons. The molecule has 6 aromatic carbocycles. The standard InChI is InChI=1S/C40H28BrNS/c41-33-25-21-31(22-26-33)39-37(29-13-5-1-6-14-29)38(30-15-7-2-8-16-30)40(43-39)32-23-27-36(28-24-32)42(34-17-9-3-10-18-34)35-19-11-4-12-20-35/h1-28H. The van der Waals surface area contributed by atoms with Gasteiger partial charge in [0.25, 0.3) is 0 Å². The maximum atomic E-state index is 3.63. The Bertz CT molecular complexity index is 1890. The molecule has 0 saturated heterocycles. The second-order valence-electron chi connectivity index (χ2n) is 10.3. The van der Waals surface area contributed by atoms with Crippen LogP contribution in [0, 0.1) is 0 Å². The zero-order valence-corrected chi connectivity index (χ0v) is 25.8. The minimum atomic E-state index is 1.08. The molecule has 0 amide bonds. The van der Waals surface area contributed by atoms with Crippen molar-refractivity contribution in [2.75, 3.05) is 4.90 Å². The second kappa shape index (κ2) is 12.3. The molecule has 0 N–H and O–H groups in total. The lowest BCUT2D eigenvalue weighted by molar-refractivity contribution is 1.28. The van der Waals surface area contributed by atoms with Gasteiger partial charge in [-0.2, -0.15) is 0 Å². The molecule has 0 spiro atoms. The highest BCUT2D eigenvalue weighted by Gasteiger charge is 2.23. The molecular weight excluding hydrogens is 606 g/mol. The predicted molar refractivity (Wildman–Crippen MR) is 188 cm³/mol. The first kappa shape index (κ1) is 27.2. The van der Waals surface area contributed by atoms with Crippen LogP contribution in [0.15, 0.2) is 174 Å². The van der Waals surface area contributed by atoms with E-state index in [1.807, 2.05) is 11.3 Å². The number of benzene rings is 6. The van der Waals surface area contributed by atoms with Crippen molar-refractivity contribution in [2.24, 2.45) is 0 Å². The maximum absolute atomic E-state index is 3.63. The van der Waals surface area contributed by atoms with Crippen LogP contribution >= 0.6 is 27.3 Å². The first-order chi connectivity index (χ1) is 21.3. The van der Waals surface area contributed by atoms with Gasteiger partial charge in [0.05, 0.1) is 0 Å². The SMILES string of the molecule is Brc1ccc(-c2sc(-c3ccc(N(c4ccccc4)c4ccccc4)cc3)c(-c3ccccc3)c2-c2ccccc2)cc1. The van der Waals surface area contributed by atoms with Crippen LogP contribution in [0.3, 0.4) is 0 Å². The summed E-state index contributed by atoms with van der Waals surface area (Å²) >= 11 is 5.49. The zero-order valence-electron chi connectivity index (χ0n) is 23.4. The fourth-order valence-corrected chi connectivity index (χ4v) is 7.18. The van der Waals surface area contributed by atoms with Gasteiger partial charge >= 0.3 is 0 Å². The van der Waals surface area contributed by atoms with Crippen molar-refractivity contribution in [1.29, 1.82) is 0 Å². The Morgan fingerprint density at radius 3 is 1.12 bits per heavy atom. The zero-order chi connectivity index (χ0) is 29.0. The number of thiophene rings is 1. The van der Waals surface area contributed by atoms with E-state index in [1.165, 1.54) is 43.1 Å². The minimum Gasteiger partial charge on any atom is -0.311 e. The molecule has 1 aromatic heterocycles. The van der Waals surface area contributed by atoms with Gasteiger partial charge in [-0.15, -0.1) is 11.3 Å². The van der Waals surface area contributed by atoms with Crippen molar-refractivity contribution in [3.63, 3.8) is 0 Å². The first-order valence-corrected chi connectivity index (χ1v) is 15.9. The lowest BCUT2D eigenvalue weighted by Gasteiger charge is -2.25. The normalized spacial score (nSPS) is 10.9. The molecule has 1 nitrogen and oxygen atoms in total. The van der Waals surface area contributed by atoms with E-state index < -0.39 is 0 Å². The molecule has 3 heteroatoms. The van der Waals surface area contributed by atoms with Gasteiger partial charge in [-0.3, -0.25) is 0 Å². The Balaban J connectivity index is 1.42. The highest BCUT2D eigenvalue weighted by molar-refractivity contribution is 9.10. The van der Waals surface area contributed by atoms with E-state index in [1.54, 1.807) is 0 Å². The van der Waals surface area contributed by atoms with E-state index in [0.29, 0.717) is 0 Å². The van der Waals surface area contributed by atoms with Crippen LogP contribution in [-0.2, 0) is 0 Å². The molecule has 0 fully saturated rings. The summed E-state index contributed by atoms with van der Waals surface area (Å²) in [6.45, 7) is 0. The molecule has 0 saturated carbocycles. The minimum absolute atomic E-state index is 1.08. The molecule has 0 aliphatic carbocycles. The lowest BCUT2D eigenvalue weighted by atomic mass is 9.91. The molecule has 0 atom stereocenters. The average molecular weight is 635 g/mol. The number of para-hydroxylation sites is 2. The summed E-state index contributed by atoms with van der Waals surface area (Å²) in [5.41, 5.74) is 10.8. The van der Waals surface area contributed by atoms with Gasteiger partial charge < -0.3 is 4.90 Å². The number of nitrogens with zero attached hydrogens (tertiary/aromatic N) is 1. The topological polar surface area (TPSA) is 3.24 Å². The molecule has 0 bridgehead atoms. The summed E-state index contributed by atoms with van der Waals surface area (Å²) in [6, 6.07) is 60.4. The van der Waals surface area contributed by atoms with Gasteiger partial charge in [-0.05, 0) is 70.8 Å². The number of halogens is 1. The molecule has 0 aliphatic rings. The third kappa shape index (κ3) is 5.58. The van der Waals surface area contributed by atoms with Gasteiger partial charge in [0.15, 0.2) is 0 Å². The number of rotatable bonds is 7. The van der Waals surface area contributed by atoms with Crippen molar-refractivity contribution in [3.05, 3.63) is 174 Å². The van der Waals surface area contributed by atoms with Gasteiger partial charge in [0.2, 0.25) is 0 Å².